The summed E-state index contributed by atoms with van der Waals surface area (Å²) in [5.41, 5.74) is 0.570. The predicted molar refractivity (Wildman–Crippen MR) is 101 cm³/mol. The van der Waals surface area contributed by atoms with Crippen LogP contribution in [0.25, 0.3) is 0 Å². The van der Waals surface area contributed by atoms with Gasteiger partial charge in [-0.05, 0) is 43.0 Å². The molecule has 2 aromatic rings. The standard InChI is InChI=1S/C17H19ClN2O3S2/c1-12-5-7-20(8-6-12)25(22,23)15-10-16(24-11-15)17(21)19-14-4-2-3-13(18)9-14/h2-4,9-12H,5-8H2,1H3,(H,19,21). The van der Waals surface area contributed by atoms with Crippen LogP contribution in [0.5, 0.6) is 0 Å². The van der Waals surface area contributed by atoms with Crippen molar-refractivity contribution in [2.75, 3.05) is 18.4 Å². The van der Waals surface area contributed by atoms with Crippen molar-refractivity contribution in [1.29, 1.82) is 0 Å². The third-order valence-electron chi connectivity index (χ3n) is 4.26. The lowest BCUT2D eigenvalue weighted by Crippen LogP contribution is -2.37. The van der Waals surface area contributed by atoms with E-state index in [1.54, 1.807) is 24.3 Å². The number of carbonyl (C=O) groups is 1. The fourth-order valence-electron chi connectivity index (χ4n) is 2.71. The highest BCUT2D eigenvalue weighted by molar-refractivity contribution is 7.89. The minimum atomic E-state index is -3.54. The minimum absolute atomic E-state index is 0.184. The SMILES string of the molecule is CC1CCN(S(=O)(=O)c2csc(C(=O)Nc3cccc(Cl)c3)c2)CC1. The van der Waals surface area contributed by atoms with Crippen molar-refractivity contribution in [2.45, 2.75) is 24.7 Å². The van der Waals surface area contributed by atoms with Crippen LogP contribution in [0.4, 0.5) is 5.69 Å². The van der Waals surface area contributed by atoms with Crippen molar-refractivity contribution < 1.29 is 13.2 Å². The maximum Gasteiger partial charge on any atom is 0.265 e. The Kier molecular flexibility index (Phi) is 5.48. The van der Waals surface area contributed by atoms with Crippen LogP contribution in [0.15, 0.2) is 40.6 Å². The number of amides is 1. The summed E-state index contributed by atoms with van der Waals surface area (Å²) < 4.78 is 26.9. The number of thiophene rings is 1. The first-order valence-electron chi connectivity index (χ1n) is 8.02. The van der Waals surface area contributed by atoms with Gasteiger partial charge in [0.1, 0.15) is 0 Å². The van der Waals surface area contributed by atoms with Crippen molar-refractivity contribution in [3.63, 3.8) is 0 Å². The van der Waals surface area contributed by atoms with Crippen molar-refractivity contribution >= 4 is 44.6 Å². The van der Waals surface area contributed by atoms with E-state index >= 15 is 0 Å². The summed E-state index contributed by atoms with van der Waals surface area (Å²) in [4.78, 5) is 12.9. The van der Waals surface area contributed by atoms with Crippen LogP contribution in [0.2, 0.25) is 5.02 Å². The van der Waals surface area contributed by atoms with Crippen LogP contribution in [0.3, 0.4) is 0 Å². The number of anilines is 1. The Labute approximate surface area is 156 Å². The van der Waals surface area contributed by atoms with Gasteiger partial charge in [0.25, 0.3) is 5.91 Å². The van der Waals surface area contributed by atoms with Gasteiger partial charge in [-0.3, -0.25) is 4.79 Å². The summed E-state index contributed by atoms with van der Waals surface area (Å²) in [6.07, 6.45) is 1.73. The molecule has 0 spiro atoms. The second-order valence-corrected chi connectivity index (χ2v) is 9.48. The van der Waals surface area contributed by atoms with Gasteiger partial charge in [-0.25, -0.2) is 8.42 Å². The smallest absolute Gasteiger partial charge is 0.265 e. The monoisotopic (exact) mass is 398 g/mol. The van der Waals surface area contributed by atoms with E-state index in [1.807, 2.05) is 0 Å². The molecule has 1 aliphatic rings. The molecule has 5 nitrogen and oxygen atoms in total. The van der Waals surface area contributed by atoms with Crippen LogP contribution < -0.4 is 5.32 Å². The largest absolute Gasteiger partial charge is 0.321 e. The van der Waals surface area contributed by atoms with E-state index in [2.05, 4.69) is 12.2 Å². The highest BCUT2D eigenvalue weighted by Gasteiger charge is 2.29. The van der Waals surface area contributed by atoms with E-state index in [0.29, 0.717) is 34.6 Å². The maximum absolute atomic E-state index is 12.7. The number of hydrogen-bond acceptors (Lipinski definition) is 4. The number of carbonyl (C=O) groups excluding carboxylic acids is 1. The molecule has 3 rings (SSSR count). The molecule has 134 valence electrons. The van der Waals surface area contributed by atoms with E-state index < -0.39 is 10.0 Å². The average molecular weight is 399 g/mol. The van der Waals surface area contributed by atoms with Crippen LogP contribution in [-0.2, 0) is 10.0 Å². The van der Waals surface area contributed by atoms with Crippen molar-refractivity contribution in [1.82, 2.24) is 4.31 Å². The normalized spacial score (nSPS) is 16.7. The summed E-state index contributed by atoms with van der Waals surface area (Å²) in [7, 11) is -3.54. The van der Waals surface area contributed by atoms with Gasteiger partial charge in [-0.1, -0.05) is 24.6 Å². The molecule has 1 aromatic heterocycles. The molecule has 0 unspecified atom stereocenters. The fraction of sp³-hybridized carbons (Fsp3) is 0.353. The number of benzene rings is 1. The first-order chi connectivity index (χ1) is 11.9. The van der Waals surface area contributed by atoms with E-state index in [0.717, 1.165) is 24.2 Å². The first kappa shape index (κ1) is 18.4. The molecule has 1 N–H and O–H groups in total. The number of sulfonamides is 1. The maximum atomic E-state index is 12.7. The molecule has 0 atom stereocenters. The Morgan fingerprint density at radius 3 is 2.68 bits per heavy atom. The molecule has 2 heterocycles. The van der Waals surface area contributed by atoms with E-state index in [9.17, 15) is 13.2 Å². The molecule has 0 saturated carbocycles. The highest BCUT2D eigenvalue weighted by Crippen LogP contribution is 2.27. The summed E-state index contributed by atoms with van der Waals surface area (Å²) >= 11 is 7.02. The fourth-order valence-corrected chi connectivity index (χ4v) is 5.52. The van der Waals surface area contributed by atoms with Gasteiger partial charge < -0.3 is 5.32 Å². The lowest BCUT2D eigenvalue weighted by atomic mass is 10.0. The Morgan fingerprint density at radius 2 is 2.00 bits per heavy atom. The molecular weight excluding hydrogens is 380 g/mol. The summed E-state index contributed by atoms with van der Waals surface area (Å²) in [6.45, 7) is 3.19. The lowest BCUT2D eigenvalue weighted by Gasteiger charge is -2.29. The van der Waals surface area contributed by atoms with Crippen LogP contribution in [0.1, 0.15) is 29.4 Å². The number of rotatable bonds is 4. The molecule has 8 heteroatoms. The second kappa shape index (κ2) is 7.45. The van der Waals surface area contributed by atoms with Gasteiger partial charge >= 0.3 is 0 Å². The molecule has 1 saturated heterocycles. The van der Waals surface area contributed by atoms with Gasteiger partial charge in [0.2, 0.25) is 10.0 Å². The highest BCUT2D eigenvalue weighted by atomic mass is 35.5. The second-order valence-electron chi connectivity index (χ2n) is 6.20. The molecule has 1 fully saturated rings. The number of nitrogens with one attached hydrogen (secondary N) is 1. The Hall–Kier alpha value is -1.41. The van der Waals surface area contributed by atoms with Gasteiger partial charge in [0.05, 0.1) is 9.77 Å². The number of halogens is 1. The summed E-state index contributed by atoms with van der Waals surface area (Å²) in [5, 5.41) is 4.78. The third-order valence-corrected chi connectivity index (χ3v) is 7.45. The van der Waals surface area contributed by atoms with Crippen LogP contribution >= 0.6 is 22.9 Å². The molecule has 1 aromatic carbocycles. The molecule has 1 aliphatic heterocycles. The lowest BCUT2D eigenvalue weighted by molar-refractivity contribution is 0.103. The van der Waals surface area contributed by atoms with Crippen molar-refractivity contribution in [2.24, 2.45) is 5.92 Å². The van der Waals surface area contributed by atoms with E-state index in [-0.39, 0.29) is 10.8 Å². The molecule has 0 radical (unpaired) electrons. The Balaban J connectivity index is 1.74. The quantitative estimate of drug-likeness (QED) is 0.843. The molecule has 1 amide bonds. The summed E-state index contributed by atoms with van der Waals surface area (Å²) in [5.74, 6) is 0.203. The van der Waals surface area contributed by atoms with Gasteiger partial charge in [0.15, 0.2) is 0 Å². The predicted octanol–water partition coefficient (Wildman–Crippen LogP) is 4.07. The van der Waals surface area contributed by atoms with Crippen LogP contribution in [-0.4, -0.2) is 31.7 Å². The summed E-state index contributed by atoms with van der Waals surface area (Å²) in [6, 6.07) is 8.26. The third kappa shape index (κ3) is 4.23. The van der Waals surface area contributed by atoms with E-state index in [4.69, 9.17) is 11.6 Å². The number of hydrogen-bond donors (Lipinski definition) is 1. The van der Waals surface area contributed by atoms with Gasteiger partial charge in [-0.15, -0.1) is 11.3 Å². The van der Waals surface area contributed by atoms with Crippen molar-refractivity contribution in [3.05, 3.63) is 45.6 Å². The Morgan fingerprint density at radius 1 is 1.28 bits per heavy atom. The van der Waals surface area contributed by atoms with E-state index in [1.165, 1.54) is 15.8 Å². The zero-order valence-corrected chi connectivity index (χ0v) is 16.1. The van der Waals surface area contributed by atoms with Crippen LogP contribution in [0, 0.1) is 5.92 Å². The molecule has 25 heavy (non-hydrogen) atoms. The Bertz CT molecular complexity index is 872. The molecule has 0 aliphatic carbocycles. The number of piperidine rings is 1. The topological polar surface area (TPSA) is 66.5 Å². The zero-order valence-electron chi connectivity index (χ0n) is 13.7. The molecule has 0 bridgehead atoms. The minimum Gasteiger partial charge on any atom is -0.321 e. The number of nitrogens with zero attached hydrogens (tertiary/aromatic N) is 1. The van der Waals surface area contributed by atoms with Gasteiger partial charge in [0, 0.05) is 29.2 Å². The first-order valence-corrected chi connectivity index (χ1v) is 10.7. The van der Waals surface area contributed by atoms with Gasteiger partial charge in [-0.2, -0.15) is 4.31 Å². The van der Waals surface area contributed by atoms with Crippen molar-refractivity contribution in [3.8, 4) is 0 Å². The molecular formula is C17H19ClN2O3S2. The zero-order chi connectivity index (χ0) is 18.0. The average Bonchev–Trinajstić information content (AvgIpc) is 3.06.